The van der Waals surface area contributed by atoms with Crippen molar-refractivity contribution in [2.75, 3.05) is 0 Å². The van der Waals surface area contributed by atoms with E-state index in [1.54, 1.807) is 11.6 Å². The lowest BCUT2D eigenvalue weighted by Crippen LogP contribution is -2.24. The first-order chi connectivity index (χ1) is 6.00. The number of hydrogen-bond acceptors (Lipinski definition) is 3. The normalized spacial score (nSPS) is 12.5. The molecule has 0 fully saturated rings. The molecule has 0 aromatic carbocycles. The number of hydrogen-bond donors (Lipinski definition) is 2. The minimum atomic E-state index is -4.20. The van der Waals surface area contributed by atoms with E-state index < -0.39 is 7.60 Å². The van der Waals surface area contributed by atoms with Crippen LogP contribution in [-0.2, 0) is 11.6 Å². The number of rotatable bonds is 1. The van der Waals surface area contributed by atoms with Gasteiger partial charge in [0.25, 0.3) is 6.33 Å². The van der Waals surface area contributed by atoms with Gasteiger partial charge >= 0.3 is 12.6 Å². The molecule has 0 saturated heterocycles. The van der Waals surface area contributed by atoms with Crippen LogP contribution >= 0.6 is 18.9 Å². The van der Waals surface area contributed by atoms with Crippen LogP contribution in [0.25, 0.3) is 4.96 Å². The lowest BCUT2D eigenvalue weighted by atomic mass is 11.0. The van der Waals surface area contributed by atoms with Gasteiger partial charge in [0.15, 0.2) is 0 Å². The van der Waals surface area contributed by atoms with E-state index in [9.17, 15) is 4.57 Å². The Labute approximate surface area is 77.2 Å². The third kappa shape index (κ3) is 1.30. The molecule has 70 valence electrons. The summed E-state index contributed by atoms with van der Waals surface area (Å²) in [6.07, 6.45) is 1.50. The maximum Gasteiger partial charge on any atom is 0.392 e. The third-order valence-electron chi connectivity index (χ3n) is 1.61. The highest BCUT2D eigenvalue weighted by Crippen LogP contribution is 2.33. The average molecular weight is 220 g/mol. The molecular weight excluding hydrogens is 213 g/mol. The molecule has 0 amide bonds. The summed E-state index contributed by atoms with van der Waals surface area (Å²) in [6.45, 7) is 0. The number of fused-ring (bicyclic) bond motifs is 1. The van der Waals surface area contributed by atoms with Gasteiger partial charge in [-0.3, -0.25) is 4.57 Å². The number of nitrogens with zero attached hydrogens (tertiary/aromatic N) is 3. The molecule has 13 heavy (non-hydrogen) atoms. The second-order valence-electron chi connectivity index (χ2n) is 2.57. The van der Waals surface area contributed by atoms with Gasteiger partial charge in [0.05, 0.1) is 7.05 Å². The van der Waals surface area contributed by atoms with Gasteiger partial charge in [-0.1, -0.05) is 15.9 Å². The highest BCUT2D eigenvalue weighted by Gasteiger charge is 2.29. The second-order valence-corrected chi connectivity index (χ2v) is 4.96. The average Bonchev–Trinajstić information content (AvgIpc) is 2.51. The van der Waals surface area contributed by atoms with Crippen molar-refractivity contribution in [3.05, 3.63) is 11.7 Å². The molecule has 0 aliphatic rings. The van der Waals surface area contributed by atoms with Crippen molar-refractivity contribution >= 4 is 29.3 Å². The fourth-order valence-electron chi connectivity index (χ4n) is 1.01. The molecule has 0 atom stereocenters. The van der Waals surface area contributed by atoms with E-state index in [4.69, 9.17) is 9.79 Å². The smallest absolute Gasteiger partial charge is 0.319 e. The SMILES string of the molecule is C[n+]1cnn2c(P(=O)(O)O)csc21. The third-order valence-corrected chi connectivity index (χ3v) is 3.71. The van der Waals surface area contributed by atoms with Crippen LogP contribution in [0.2, 0.25) is 0 Å². The summed E-state index contributed by atoms with van der Waals surface area (Å²) in [5.74, 6) is 0. The van der Waals surface area contributed by atoms with Gasteiger partial charge in [0.2, 0.25) is 5.44 Å². The van der Waals surface area contributed by atoms with Crippen LogP contribution in [0, 0.1) is 0 Å². The molecule has 2 heterocycles. The monoisotopic (exact) mass is 220 g/mol. The van der Waals surface area contributed by atoms with Gasteiger partial charge in [-0.2, -0.15) is 0 Å². The Hall–Kier alpha value is -0.750. The highest BCUT2D eigenvalue weighted by atomic mass is 32.1. The minimum absolute atomic E-state index is 0.0619. The maximum absolute atomic E-state index is 10.9. The predicted molar refractivity (Wildman–Crippen MR) is 45.9 cm³/mol. The molecule has 0 aliphatic heterocycles. The van der Waals surface area contributed by atoms with Crippen LogP contribution in [0.4, 0.5) is 0 Å². The van der Waals surface area contributed by atoms with Gasteiger partial charge < -0.3 is 9.79 Å². The van der Waals surface area contributed by atoms with Crippen molar-refractivity contribution in [2.45, 2.75) is 0 Å². The zero-order valence-electron chi connectivity index (χ0n) is 6.65. The summed E-state index contributed by atoms with van der Waals surface area (Å²) < 4.78 is 13.9. The summed E-state index contributed by atoms with van der Waals surface area (Å²) in [4.78, 5) is 18.6. The fourth-order valence-corrected chi connectivity index (χ4v) is 2.95. The van der Waals surface area contributed by atoms with E-state index in [2.05, 4.69) is 5.10 Å². The molecule has 0 saturated carbocycles. The molecule has 8 heteroatoms. The molecule has 2 rings (SSSR count). The van der Waals surface area contributed by atoms with E-state index >= 15 is 0 Å². The fraction of sp³-hybridized carbons (Fsp3) is 0.200. The molecule has 0 radical (unpaired) electrons. The maximum atomic E-state index is 10.9. The molecule has 0 spiro atoms. The zero-order chi connectivity index (χ0) is 9.64. The van der Waals surface area contributed by atoms with Crippen molar-refractivity contribution in [2.24, 2.45) is 7.05 Å². The first kappa shape index (κ1) is 8.83. The largest absolute Gasteiger partial charge is 0.392 e. The summed E-state index contributed by atoms with van der Waals surface area (Å²) in [6, 6.07) is 0. The molecule has 0 bridgehead atoms. The molecule has 6 nitrogen and oxygen atoms in total. The van der Waals surface area contributed by atoms with Crippen LogP contribution in [0.15, 0.2) is 11.7 Å². The van der Waals surface area contributed by atoms with E-state index in [0.29, 0.717) is 4.96 Å². The Bertz CT molecular complexity index is 498. The molecule has 2 aromatic heterocycles. The molecule has 2 aromatic rings. The Balaban J connectivity index is 2.79. The summed E-state index contributed by atoms with van der Waals surface area (Å²) in [5.41, 5.74) is -0.0619. The molecule has 0 unspecified atom stereocenters. The van der Waals surface area contributed by atoms with E-state index in [1.165, 1.54) is 27.6 Å². The Morgan fingerprint density at radius 3 is 3.00 bits per heavy atom. The van der Waals surface area contributed by atoms with E-state index in [0.717, 1.165) is 0 Å². The second kappa shape index (κ2) is 2.62. The molecule has 0 aliphatic carbocycles. The van der Waals surface area contributed by atoms with Crippen LogP contribution in [-0.4, -0.2) is 19.4 Å². The lowest BCUT2D eigenvalue weighted by Gasteiger charge is -1.94. The number of thiazole rings is 1. The van der Waals surface area contributed by atoms with Crippen molar-refractivity contribution in [1.82, 2.24) is 9.61 Å². The number of aromatic nitrogens is 3. The first-order valence-electron chi connectivity index (χ1n) is 3.37. The van der Waals surface area contributed by atoms with Crippen molar-refractivity contribution in [1.29, 1.82) is 0 Å². The van der Waals surface area contributed by atoms with E-state index in [-0.39, 0.29) is 5.44 Å². The van der Waals surface area contributed by atoms with Crippen LogP contribution < -0.4 is 10.0 Å². The zero-order valence-corrected chi connectivity index (χ0v) is 8.37. The summed E-state index contributed by atoms with van der Waals surface area (Å²) in [7, 11) is -2.44. The van der Waals surface area contributed by atoms with Gasteiger partial charge in [-0.25, -0.2) is 4.57 Å². The first-order valence-corrected chi connectivity index (χ1v) is 5.86. The van der Waals surface area contributed by atoms with Crippen LogP contribution in [0.3, 0.4) is 0 Å². The van der Waals surface area contributed by atoms with E-state index in [1.807, 2.05) is 0 Å². The van der Waals surface area contributed by atoms with Crippen LogP contribution in [0.5, 0.6) is 0 Å². The van der Waals surface area contributed by atoms with Gasteiger partial charge in [0, 0.05) is 10.5 Å². The Morgan fingerprint density at radius 1 is 1.69 bits per heavy atom. The minimum Gasteiger partial charge on any atom is -0.319 e. The molecule has 2 N–H and O–H groups in total. The van der Waals surface area contributed by atoms with Crippen LogP contribution in [0.1, 0.15) is 0 Å². The standard InChI is InChI=1S/C5H6N3O3PS/c1-7-3-6-8-4(12(9,10)11)2-13-5(7)8/h2-3H,1H3,(H-,9,10,11)/p+1. The van der Waals surface area contributed by atoms with Crippen molar-refractivity contribution in [3.63, 3.8) is 0 Å². The summed E-state index contributed by atoms with van der Waals surface area (Å²) in [5, 5.41) is 5.26. The quantitative estimate of drug-likeness (QED) is 0.478. The topological polar surface area (TPSA) is 78.7 Å². The van der Waals surface area contributed by atoms with Crippen molar-refractivity contribution in [3.8, 4) is 0 Å². The Kier molecular flexibility index (Phi) is 1.78. The predicted octanol–water partition coefficient (Wildman–Crippen LogP) is -0.977. The summed E-state index contributed by atoms with van der Waals surface area (Å²) >= 11 is 1.25. The van der Waals surface area contributed by atoms with Gasteiger partial charge in [-0.05, 0) is 0 Å². The Morgan fingerprint density at radius 2 is 2.38 bits per heavy atom. The van der Waals surface area contributed by atoms with Crippen molar-refractivity contribution < 1.29 is 18.9 Å². The van der Waals surface area contributed by atoms with Gasteiger partial charge in [0.1, 0.15) is 0 Å². The lowest BCUT2D eigenvalue weighted by molar-refractivity contribution is -0.643. The highest BCUT2D eigenvalue weighted by molar-refractivity contribution is 7.60. The molecular formula is C5H7N3O3PS+. The number of aryl methyl sites for hydroxylation is 1. The van der Waals surface area contributed by atoms with Gasteiger partial charge in [-0.15, -0.1) is 0 Å².